The maximum absolute atomic E-state index is 11.4. The van der Waals surface area contributed by atoms with E-state index in [-0.39, 0.29) is 0 Å². The molecule has 0 aliphatic heterocycles. The minimum atomic E-state index is 0.331. The van der Waals surface area contributed by atoms with Crippen molar-refractivity contribution >= 4 is 5.78 Å². The van der Waals surface area contributed by atoms with Gasteiger partial charge in [0.1, 0.15) is 6.61 Å². The number of fused-ring (bicyclic) bond motifs is 1. The van der Waals surface area contributed by atoms with Crippen LogP contribution in [0.4, 0.5) is 0 Å². The molecule has 0 aromatic rings. The zero-order chi connectivity index (χ0) is 8.55. The van der Waals surface area contributed by atoms with Crippen LogP contribution in [0.25, 0.3) is 0 Å². The van der Waals surface area contributed by atoms with Crippen LogP contribution in [0.3, 0.4) is 0 Å². The third-order valence-corrected chi connectivity index (χ3v) is 3.31. The van der Waals surface area contributed by atoms with Crippen LogP contribution in [0.2, 0.25) is 0 Å². The number of ketones is 1. The van der Waals surface area contributed by atoms with Crippen molar-refractivity contribution in [3.8, 4) is 0 Å². The molecule has 2 saturated carbocycles. The van der Waals surface area contributed by atoms with E-state index in [2.05, 4.69) is 0 Å². The molecule has 2 fully saturated rings. The fourth-order valence-corrected chi connectivity index (χ4v) is 2.71. The number of Topliss-reactive ketones (excluding diaryl/α,β-unsaturated/α-hetero) is 1. The van der Waals surface area contributed by atoms with Gasteiger partial charge in [-0.15, -0.1) is 0 Å². The monoisotopic (exact) mass is 168 g/mol. The van der Waals surface area contributed by atoms with Crippen LogP contribution in [-0.2, 0) is 9.53 Å². The minimum Gasteiger partial charge on any atom is -0.377 e. The summed E-state index contributed by atoms with van der Waals surface area (Å²) in [4.78, 5) is 11.4. The van der Waals surface area contributed by atoms with E-state index in [1.807, 2.05) is 0 Å². The quantitative estimate of drug-likeness (QED) is 0.640. The van der Waals surface area contributed by atoms with Crippen molar-refractivity contribution in [1.82, 2.24) is 0 Å². The molecule has 2 aliphatic carbocycles. The Kier molecular flexibility index (Phi) is 2.18. The Labute approximate surface area is 73.3 Å². The first-order chi connectivity index (χ1) is 5.84. The van der Waals surface area contributed by atoms with Gasteiger partial charge in [0, 0.05) is 13.0 Å². The van der Waals surface area contributed by atoms with Crippen LogP contribution in [0.5, 0.6) is 0 Å². The maximum Gasteiger partial charge on any atom is 0.162 e. The number of ether oxygens (including phenoxy) is 1. The fourth-order valence-electron chi connectivity index (χ4n) is 2.71. The molecule has 0 radical (unpaired) electrons. The summed E-state index contributed by atoms with van der Waals surface area (Å²) < 4.78 is 4.86. The molecule has 2 unspecified atom stereocenters. The van der Waals surface area contributed by atoms with Gasteiger partial charge in [-0.25, -0.2) is 0 Å². The molecule has 0 N–H and O–H groups in total. The zero-order valence-electron chi connectivity index (χ0n) is 7.58. The highest BCUT2D eigenvalue weighted by molar-refractivity contribution is 5.85. The second-order valence-electron chi connectivity index (χ2n) is 4.04. The van der Waals surface area contributed by atoms with Crippen molar-refractivity contribution in [3.63, 3.8) is 0 Å². The highest BCUT2D eigenvalue weighted by atomic mass is 16.5. The standard InChI is InChI=1S/C10H16O2/c1-12-6-9(11)10-7-4-2-3-5-8(7)10/h7-8,10H,2-6H2,1H3. The Hall–Kier alpha value is -0.370. The number of rotatable bonds is 3. The third kappa shape index (κ3) is 1.28. The largest absolute Gasteiger partial charge is 0.377 e. The smallest absolute Gasteiger partial charge is 0.162 e. The number of methoxy groups -OCH3 is 1. The molecule has 2 heteroatoms. The second-order valence-corrected chi connectivity index (χ2v) is 4.04. The first kappa shape index (κ1) is 8.24. The summed E-state index contributed by atoms with van der Waals surface area (Å²) in [5.41, 5.74) is 0. The zero-order valence-corrected chi connectivity index (χ0v) is 7.58. The Morgan fingerprint density at radius 3 is 2.42 bits per heavy atom. The molecule has 2 nitrogen and oxygen atoms in total. The van der Waals surface area contributed by atoms with Gasteiger partial charge < -0.3 is 4.74 Å². The number of carbonyl (C=O) groups excluding carboxylic acids is 1. The average molecular weight is 168 g/mol. The molecule has 0 bridgehead atoms. The van der Waals surface area contributed by atoms with Gasteiger partial charge in [0.2, 0.25) is 0 Å². The minimum absolute atomic E-state index is 0.331. The summed E-state index contributed by atoms with van der Waals surface area (Å²) in [7, 11) is 1.60. The van der Waals surface area contributed by atoms with E-state index in [9.17, 15) is 4.79 Å². The topological polar surface area (TPSA) is 26.3 Å². The number of hydrogen-bond acceptors (Lipinski definition) is 2. The normalized spacial score (nSPS) is 38.9. The lowest BCUT2D eigenvalue weighted by atomic mass is 10.0. The Bertz CT molecular complexity index is 176. The van der Waals surface area contributed by atoms with Crippen molar-refractivity contribution in [2.24, 2.45) is 17.8 Å². The molecule has 0 amide bonds. The van der Waals surface area contributed by atoms with Crippen LogP contribution in [-0.4, -0.2) is 19.5 Å². The lowest BCUT2D eigenvalue weighted by Crippen LogP contribution is -2.10. The van der Waals surface area contributed by atoms with Crippen LogP contribution < -0.4 is 0 Å². The first-order valence-electron chi connectivity index (χ1n) is 4.86. The molecule has 2 aliphatic rings. The summed E-state index contributed by atoms with van der Waals surface area (Å²) in [5, 5.41) is 0. The Morgan fingerprint density at radius 1 is 1.33 bits per heavy atom. The Balaban J connectivity index is 1.87. The Morgan fingerprint density at radius 2 is 1.92 bits per heavy atom. The van der Waals surface area contributed by atoms with E-state index in [4.69, 9.17) is 4.74 Å². The van der Waals surface area contributed by atoms with Crippen molar-refractivity contribution < 1.29 is 9.53 Å². The second kappa shape index (κ2) is 3.17. The molecule has 68 valence electrons. The predicted molar refractivity (Wildman–Crippen MR) is 45.8 cm³/mol. The lowest BCUT2D eigenvalue weighted by molar-refractivity contribution is -0.124. The van der Waals surface area contributed by atoms with Gasteiger partial charge in [0.15, 0.2) is 5.78 Å². The van der Waals surface area contributed by atoms with E-state index in [1.54, 1.807) is 7.11 Å². The van der Waals surface area contributed by atoms with Crippen molar-refractivity contribution in [2.45, 2.75) is 25.7 Å². The molecule has 0 aromatic heterocycles. The van der Waals surface area contributed by atoms with Crippen molar-refractivity contribution in [2.75, 3.05) is 13.7 Å². The molecule has 0 heterocycles. The predicted octanol–water partition coefficient (Wildman–Crippen LogP) is 1.64. The molecular formula is C10H16O2. The van der Waals surface area contributed by atoms with Crippen molar-refractivity contribution in [3.05, 3.63) is 0 Å². The van der Waals surface area contributed by atoms with Crippen molar-refractivity contribution in [1.29, 1.82) is 0 Å². The molecular weight excluding hydrogens is 152 g/mol. The van der Waals surface area contributed by atoms with Gasteiger partial charge in [-0.05, 0) is 24.7 Å². The molecule has 0 aromatic carbocycles. The van der Waals surface area contributed by atoms with Gasteiger partial charge in [-0.2, -0.15) is 0 Å². The average Bonchev–Trinajstić information content (AvgIpc) is 2.78. The summed E-state index contributed by atoms with van der Waals surface area (Å²) >= 11 is 0. The summed E-state index contributed by atoms with van der Waals surface area (Å²) in [5.74, 6) is 2.20. The molecule has 2 atom stereocenters. The number of carbonyl (C=O) groups is 1. The molecule has 12 heavy (non-hydrogen) atoms. The highest BCUT2D eigenvalue weighted by Crippen LogP contribution is 2.55. The van der Waals surface area contributed by atoms with E-state index in [0.717, 1.165) is 11.8 Å². The maximum atomic E-state index is 11.4. The van der Waals surface area contributed by atoms with Gasteiger partial charge >= 0.3 is 0 Å². The van der Waals surface area contributed by atoms with Gasteiger partial charge in [-0.3, -0.25) is 4.79 Å². The number of hydrogen-bond donors (Lipinski definition) is 0. The van der Waals surface area contributed by atoms with E-state index >= 15 is 0 Å². The highest BCUT2D eigenvalue weighted by Gasteiger charge is 2.53. The van der Waals surface area contributed by atoms with Gasteiger partial charge in [0.05, 0.1) is 0 Å². The molecule has 0 spiro atoms. The SMILES string of the molecule is COCC(=O)C1C2CCCCC21. The van der Waals surface area contributed by atoms with E-state index in [0.29, 0.717) is 18.3 Å². The third-order valence-electron chi connectivity index (χ3n) is 3.31. The van der Waals surface area contributed by atoms with Crippen LogP contribution in [0.15, 0.2) is 0 Å². The van der Waals surface area contributed by atoms with Gasteiger partial charge in [0.25, 0.3) is 0 Å². The summed E-state index contributed by atoms with van der Waals surface area (Å²) in [6.45, 7) is 0.331. The summed E-state index contributed by atoms with van der Waals surface area (Å²) in [6.07, 6.45) is 5.23. The van der Waals surface area contributed by atoms with E-state index in [1.165, 1.54) is 25.7 Å². The van der Waals surface area contributed by atoms with Crippen LogP contribution >= 0.6 is 0 Å². The first-order valence-corrected chi connectivity index (χ1v) is 4.86. The summed E-state index contributed by atoms with van der Waals surface area (Å²) in [6, 6.07) is 0. The van der Waals surface area contributed by atoms with Crippen LogP contribution in [0.1, 0.15) is 25.7 Å². The fraction of sp³-hybridized carbons (Fsp3) is 0.900. The molecule has 0 saturated heterocycles. The van der Waals surface area contributed by atoms with Crippen LogP contribution in [0, 0.1) is 17.8 Å². The van der Waals surface area contributed by atoms with E-state index < -0.39 is 0 Å². The lowest BCUT2D eigenvalue weighted by Gasteiger charge is -2.04. The van der Waals surface area contributed by atoms with Gasteiger partial charge in [-0.1, -0.05) is 12.8 Å². The molecule has 2 rings (SSSR count).